The molecule has 0 saturated heterocycles. The van der Waals surface area contributed by atoms with Crippen LogP contribution in [-0.4, -0.2) is 22.0 Å². The summed E-state index contributed by atoms with van der Waals surface area (Å²) in [4.78, 5) is -0.292. The minimum Gasteiger partial charge on any atom is -0.316 e. The Labute approximate surface area is 133 Å². The minimum atomic E-state index is -3.82. The number of halogens is 2. The minimum absolute atomic E-state index is 0.274. The fourth-order valence-electron chi connectivity index (χ4n) is 2.65. The van der Waals surface area contributed by atoms with Gasteiger partial charge in [0, 0.05) is 23.1 Å². The molecule has 1 aromatic carbocycles. The smallest absolute Gasteiger partial charge is 0.243 e. The summed E-state index contributed by atoms with van der Waals surface area (Å²) in [6.07, 6.45) is 4.36. The van der Waals surface area contributed by atoms with E-state index in [1.807, 2.05) is 0 Å². The Bertz CT molecular complexity index is 601. The molecule has 0 amide bonds. The number of rotatable bonds is 6. The molecule has 0 radical (unpaired) electrons. The van der Waals surface area contributed by atoms with E-state index in [1.165, 1.54) is 6.07 Å². The monoisotopic (exact) mass is 378 g/mol. The first-order chi connectivity index (χ1) is 9.94. The van der Waals surface area contributed by atoms with Crippen molar-refractivity contribution >= 4 is 26.0 Å². The molecule has 21 heavy (non-hydrogen) atoms. The molecule has 1 saturated carbocycles. The second-order valence-electron chi connectivity index (χ2n) is 5.41. The van der Waals surface area contributed by atoms with Crippen molar-refractivity contribution in [1.82, 2.24) is 10.0 Å². The van der Waals surface area contributed by atoms with E-state index in [0.29, 0.717) is 22.5 Å². The third-order valence-corrected chi connectivity index (χ3v) is 5.65. The van der Waals surface area contributed by atoms with E-state index >= 15 is 0 Å². The molecular formula is C14H20BrFN2O2S. The Morgan fingerprint density at radius 1 is 1.33 bits per heavy atom. The van der Waals surface area contributed by atoms with Gasteiger partial charge < -0.3 is 5.32 Å². The molecule has 1 aromatic rings. The lowest BCUT2D eigenvalue weighted by molar-refractivity contribution is 0.511. The van der Waals surface area contributed by atoms with E-state index in [4.69, 9.17) is 0 Å². The van der Waals surface area contributed by atoms with E-state index in [9.17, 15) is 12.8 Å². The molecule has 1 aliphatic rings. The molecule has 0 atom stereocenters. The van der Waals surface area contributed by atoms with Crippen LogP contribution in [0.15, 0.2) is 21.5 Å². The standard InChI is InChI=1S/C14H20BrFN2O2S/c1-17-9-11-6-12(15)7-13(14(11)16)21(19,20)18-8-10-4-2-3-5-10/h6-7,10,17-18H,2-5,8-9H2,1H3. The van der Waals surface area contributed by atoms with Gasteiger partial charge in [-0.2, -0.15) is 0 Å². The number of nitrogens with one attached hydrogen (secondary N) is 2. The van der Waals surface area contributed by atoms with Crippen LogP contribution >= 0.6 is 15.9 Å². The summed E-state index contributed by atoms with van der Waals surface area (Å²) in [5.74, 6) is -0.321. The fourth-order valence-corrected chi connectivity index (χ4v) is 4.57. The number of hydrogen-bond acceptors (Lipinski definition) is 3. The third-order valence-electron chi connectivity index (χ3n) is 3.77. The molecule has 0 spiro atoms. The molecular weight excluding hydrogens is 359 g/mol. The largest absolute Gasteiger partial charge is 0.316 e. The molecule has 1 fully saturated rings. The summed E-state index contributed by atoms with van der Waals surface area (Å²) in [7, 11) is -2.14. The highest BCUT2D eigenvalue weighted by Crippen LogP contribution is 2.26. The highest BCUT2D eigenvalue weighted by atomic mass is 79.9. The Morgan fingerprint density at radius 3 is 2.62 bits per heavy atom. The van der Waals surface area contributed by atoms with Gasteiger partial charge in [0.05, 0.1) is 0 Å². The van der Waals surface area contributed by atoms with Crippen LogP contribution in [-0.2, 0) is 16.6 Å². The topological polar surface area (TPSA) is 58.2 Å². The van der Waals surface area contributed by atoms with Crippen LogP contribution in [0.25, 0.3) is 0 Å². The molecule has 0 heterocycles. The lowest BCUT2D eigenvalue weighted by atomic mass is 10.1. The van der Waals surface area contributed by atoms with Gasteiger partial charge in [-0.3, -0.25) is 0 Å². The van der Waals surface area contributed by atoms with E-state index in [-0.39, 0.29) is 11.4 Å². The van der Waals surface area contributed by atoms with Gasteiger partial charge in [0.25, 0.3) is 0 Å². The van der Waals surface area contributed by atoms with Crippen LogP contribution < -0.4 is 10.0 Å². The predicted molar refractivity (Wildman–Crippen MR) is 84.0 cm³/mol. The number of benzene rings is 1. The first-order valence-electron chi connectivity index (χ1n) is 7.06. The van der Waals surface area contributed by atoms with E-state index in [1.54, 1.807) is 13.1 Å². The molecule has 2 rings (SSSR count). The van der Waals surface area contributed by atoms with Crippen molar-refractivity contribution in [3.8, 4) is 0 Å². The third kappa shape index (κ3) is 4.25. The van der Waals surface area contributed by atoms with Gasteiger partial charge in [0.15, 0.2) is 0 Å². The van der Waals surface area contributed by atoms with Gasteiger partial charge in [0.1, 0.15) is 10.7 Å². The second-order valence-corrected chi connectivity index (χ2v) is 8.06. The Kier molecular flexibility index (Phi) is 5.76. The molecule has 0 bridgehead atoms. The van der Waals surface area contributed by atoms with Crippen molar-refractivity contribution in [2.24, 2.45) is 5.92 Å². The predicted octanol–water partition coefficient (Wildman–Crippen LogP) is 2.78. The van der Waals surface area contributed by atoms with Gasteiger partial charge >= 0.3 is 0 Å². The SMILES string of the molecule is CNCc1cc(Br)cc(S(=O)(=O)NCC2CCCC2)c1F. The molecule has 7 heteroatoms. The summed E-state index contributed by atoms with van der Waals surface area (Å²) < 4.78 is 42.1. The van der Waals surface area contributed by atoms with E-state index in [0.717, 1.165) is 25.7 Å². The number of hydrogen-bond donors (Lipinski definition) is 2. The first-order valence-corrected chi connectivity index (χ1v) is 9.34. The highest BCUT2D eigenvalue weighted by molar-refractivity contribution is 9.10. The van der Waals surface area contributed by atoms with Crippen LogP contribution in [0, 0.1) is 11.7 Å². The lowest BCUT2D eigenvalue weighted by Gasteiger charge is -2.14. The molecule has 0 aliphatic heterocycles. The van der Waals surface area contributed by atoms with Gasteiger partial charge in [-0.05, 0) is 37.9 Å². The average Bonchev–Trinajstić information content (AvgIpc) is 2.94. The summed E-state index contributed by atoms with van der Waals surface area (Å²) in [6, 6.07) is 2.90. The molecule has 0 unspecified atom stereocenters. The van der Waals surface area contributed by atoms with Crippen molar-refractivity contribution in [2.75, 3.05) is 13.6 Å². The van der Waals surface area contributed by atoms with Gasteiger partial charge in [-0.15, -0.1) is 0 Å². The molecule has 118 valence electrons. The van der Waals surface area contributed by atoms with Crippen molar-refractivity contribution in [1.29, 1.82) is 0 Å². The summed E-state index contributed by atoms with van der Waals surface area (Å²) in [6.45, 7) is 0.659. The molecule has 0 aromatic heterocycles. The Hall–Kier alpha value is -0.500. The second kappa shape index (κ2) is 7.17. The van der Waals surface area contributed by atoms with Gasteiger partial charge in [0.2, 0.25) is 10.0 Å². The van der Waals surface area contributed by atoms with E-state index < -0.39 is 15.8 Å². The van der Waals surface area contributed by atoms with Crippen LogP contribution in [0.4, 0.5) is 4.39 Å². The maximum absolute atomic E-state index is 14.4. The lowest BCUT2D eigenvalue weighted by Crippen LogP contribution is -2.29. The quantitative estimate of drug-likeness (QED) is 0.799. The fraction of sp³-hybridized carbons (Fsp3) is 0.571. The Balaban J connectivity index is 2.21. The Morgan fingerprint density at radius 2 is 2.00 bits per heavy atom. The summed E-state index contributed by atoms with van der Waals surface area (Å²) in [5.41, 5.74) is 0.327. The zero-order valence-electron chi connectivity index (χ0n) is 12.0. The van der Waals surface area contributed by atoms with Crippen LogP contribution in [0.1, 0.15) is 31.2 Å². The van der Waals surface area contributed by atoms with Crippen molar-refractivity contribution < 1.29 is 12.8 Å². The molecule has 1 aliphatic carbocycles. The average molecular weight is 379 g/mol. The van der Waals surface area contributed by atoms with Crippen LogP contribution in [0.5, 0.6) is 0 Å². The van der Waals surface area contributed by atoms with Gasteiger partial charge in [-0.1, -0.05) is 28.8 Å². The normalized spacial score (nSPS) is 16.5. The van der Waals surface area contributed by atoms with Gasteiger partial charge in [-0.25, -0.2) is 17.5 Å². The van der Waals surface area contributed by atoms with Crippen molar-refractivity contribution in [3.63, 3.8) is 0 Å². The van der Waals surface area contributed by atoms with Crippen molar-refractivity contribution in [3.05, 3.63) is 28.0 Å². The van der Waals surface area contributed by atoms with E-state index in [2.05, 4.69) is 26.0 Å². The zero-order chi connectivity index (χ0) is 15.5. The number of sulfonamides is 1. The first kappa shape index (κ1) is 16.9. The van der Waals surface area contributed by atoms with Crippen LogP contribution in [0.2, 0.25) is 0 Å². The molecule has 2 N–H and O–H groups in total. The van der Waals surface area contributed by atoms with Crippen molar-refractivity contribution in [2.45, 2.75) is 37.1 Å². The van der Waals surface area contributed by atoms with Crippen LogP contribution in [0.3, 0.4) is 0 Å². The maximum atomic E-state index is 14.4. The maximum Gasteiger partial charge on any atom is 0.243 e. The zero-order valence-corrected chi connectivity index (χ0v) is 14.4. The summed E-state index contributed by atoms with van der Waals surface area (Å²) >= 11 is 3.24. The highest BCUT2D eigenvalue weighted by Gasteiger charge is 2.24. The summed E-state index contributed by atoms with van der Waals surface area (Å²) in [5, 5.41) is 2.83. The molecule has 4 nitrogen and oxygen atoms in total.